The van der Waals surface area contributed by atoms with Crippen molar-refractivity contribution in [2.24, 2.45) is 0 Å². The molecule has 0 radical (unpaired) electrons. The van der Waals surface area contributed by atoms with E-state index in [4.69, 9.17) is 18.9 Å². The first kappa shape index (κ1) is 30.8. The molecule has 5 rings (SSSR count). The largest absolute Gasteiger partial charge is 0.490 e. The van der Waals surface area contributed by atoms with E-state index >= 15 is 0 Å². The second-order valence-corrected chi connectivity index (χ2v) is 10.2. The zero-order valence-electron chi connectivity index (χ0n) is 25.2. The van der Waals surface area contributed by atoms with E-state index in [0.29, 0.717) is 11.5 Å². The van der Waals surface area contributed by atoms with Crippen molar-refractivity contribution in [2.75, 3.05) is 26.4 Å². The highest BCUT2D eigenvalue weighted by Gasteiger charge is 2.16. The summed E-state index contributed by atoms with van der Waals surface area (Å²) in [4.78, 5) is 22.5. The molecular weight excluding hydrogens is 564 g/mol. The third-order valence-corrected chi connectivity index (χ3v) is 7.28. The van der Waals surface area contributed by atoms with Crippen molar-refractivity contribution >= 4 is 22.7 Å². The predicted molar refractivity (Wildman–Crippen MR) is 178 cm³/mol. The van der Waals surface area contributed by atoms with Crippen LogP contribution in [0.5, 0.6) is 11.5 Å². The van der Waals surface area contributed by atoms with Crippen molar-refractivity contribution in [2.45, 2.75) is 6.92 Å². The maximum absolute atomic E-state index is 11.3. The fourth-order valence-electron chi connectivity index (χ4n) is 5.15. The molecule has 5 aromatic rings. The molecule has 0 aliphatic rings. The van der Waals surface area contributed by atoms with Crippen molar-refractivity contribution in [3.63, 3.8) is 0 Å². The lowest BCUT2D eigenvalue weighted by Gasteiger charge is -2.18. The summed E-state index contributed by atoms with van der Waals surface area (Å²) in [6.45, 7) is 9.72. The Hall–Kier alpha value is -5.62. The van der Waals surface area contributed by atoms with Gasteiger partial charge in [-0.15, -0.1) is 0 Å². The molecule has 0 aliphatic carbocycles. The van der Waals surface area contributed by atoms with Crippen LogP contribution < -0.4 is 9.47 Å². The summed E-state index contributed by atoms with van der Waals surface area (Å²) in [6.07, 6.45) is 2.27. The van der Waals surface area contributed by atoms with Crippen LogP contribution in [0.3, 0.4) is 0 Å². The van der Waals surface area contributed by atoms with Gasteiger partial charge in [0.05, 0.1) is 0 Å². The second kappa shape index (κ2) is 14.7. The van der Waals surface area contributed by atoms with Gasteiger partial charge in [-0.3, -0.25) is 0 Å². The van der Waals surface area contributed by atoms with Crippen LogP contribution >= 0.6 is 0 Å². The second-order valence-electron chi connectivity index (χ2n) is 10.2. The first-order valence-corrected chi connectivity index (χ1v) is 14.6. The van der Waals surface area contributed by atoms with Gasteiger partial charge in [0.1, 0.15) is 37.9 Å². The minimum atomic E-state index is -0.471. The number of hydrogen-bond donors (Lipinski definition) is 0. The molecule has 0 aromatic heterocycles. The van der Waals surface area contributed by atoms with Crippen molar-refractivity contribution in [3.05, 3.63) is 134 Å². The Labute approximate surface area is 263 Å². The molecule has 0 N–H and O–H groups in total. The normalized spacial score (nSPS) is 10.6. The number of fused-ring (bicyclic) bond motifs is 1. The highest BCUT2D eigenvalue weighted by atomic mass is 16.6. The third kappa shape index (κ3) is 7.67. The van der Waals surface area contributed by atoms with Gasteiger partial charge in [0.2, 0.25) is 0 Å². The molecule has 0 aliphatic heterocycles. The van der Waals surface area contributed by atoms with Crippen LogP contribution in [0.25, 0.3) is 44.2 Å². The molecule has 0 amide bonds. The SMILES string of the molecule is C=CC(=O)OCCOc1ccc(-c2cc3ccccc3cc2-c2cccc(C)c2-c2ccc(OCCOC(=O)C=C)cc2)cc1. The lowest BCUT2D eigenvalue weighted by atomic mass is 9.86. The molecule has 0 unspecified atom stereocenters. The molecule has 226 valence electrons. The first-order valence-electron chi connectivity index (χ1n) is 14.6. The van der Waals surface area contributed by atoms with Crippen molar-refractivity contribution in [1.29, 1.82) is 0 Å². The highest BCUT2D eigenvalue weighted by Crippen LogP contribution is 2.42. The van der Waals surface area contributed by atoms with Gasteiger partial charge >= 0.3 is 11.9 Å². The molecule has 0 saturated heterocycles. The van der Waals surface area contributed by atoms with Crippen molar-refractivity contribution < 1.29 is 28.5 Å². The van der Waals surface area contributed by atoms with E-state index in [9.17, 15) is 9.59 Å². The van der Waals surface area contributed by atoms with Gasteiger partial charge in [-0.25, -0.2) is 9.59 Å². The lowest BCUT2D eigenvalue weighted by molar-refractivity contribution is -0.139. The summed E-state index contributed by atoms with van der Waals surface area (Å²) in [7, 11) is 0. The summed E-state index contributed by atoms with van der Waals surface area (Å²) in [5, 5.41) is 2.30. The zero-order chi connectivity index (χ0) is 31.6. The van der Waals surface area contributed by atoms with Crippen LogP contribution in [0.15, 0.2) is 128 Å². The predicted octanol–water partition coefficient (Wildman–Crippen LogP) is 8.37. The summed E-state index contributed by atoms with van der Waals surface area (Å²) in [5.74, 6) is 0.438. The minimum absolute atomic E-state index is 0.149. The molecule has 0 heterocycles. The zero-order valence-corrected chi connectivity index (χ0v) is 25.2. The maximum atomic E-state index is 11.3. The standard InChI is InChI=1S/C39H34O6/c1-4-37(40)44-23-21-42-32-17-13-28(14-18-32)35-25-30-10-6-7-11-31(30)26-36(35)34-12-8-9-27(3)39(34)29-15-19-33(20-16-29)43-22-24-45-38(41)5-2/h4-20,25-26H,1-2,21-24H2,3H3. The topological polar surface area (TPSA) is 71.1 Å². The first-order chi connectivity index (χ1) is 22.0. The van der Waals surface area contributed by atoms with Gasteiger partial charge in [0.25, 0.3) is 0 Å². The van der Waals surface area contributed by atoms with E-state index in [1.807, 2.05) is 42.5 Å². The van der Waals surface area contributed by atoms with Crippen LogP contribution in [0, 0.1) is 6.92 Å². The van der Waals surface area contributed by atoms with Gasteiger partial charge in [-0.2, -0.15) is 0 Å². The van der Waals surface area contributed by atoms with Gasteiger partial charge < -0.3 is 18.9 Å². The highest BCUT2D eigenvalue weighted by molar-refractivity contribution is 6.00. The van der Waals surface area contributed by atoms with E-state index in [1.54, 1.807) is 0 Å². The number of aryl methyl sites for hydroxylation is 1. The summed E-state index contributed by atoms with van der Waals surface area (Å²) in [5.41, 5.74) is 7.73. The minimum Gasteiger partial charge on any atom is -0.490 e. The van der Waals surface area contributed by atoms with Crippen LogP contribution in [0.4, 0.5) is 0 Å². The fraction of sp³-hybridized carbons (Fsp3) is 0.128. The maximum Gasteiger partial charge on any atom is 0.330 e. The third-order valence-electron chi connectivity index (χ3n) is 7.28. The molecule has 45 heavy (non-hydrogen) atoms. The van der Waals surface area contributed by atoms with E-state index in [2.05, 4.69) is 80.7 Å². The number of benzene rings is 5. The number of rotatable bonds is 13. The quantitative estimate of drug-likeness (QED) is 0.0771. The molecule has 0 bridgehead atoms. The molecule has 0 saturated carbocycles. The molecule has 0 atom stereocenters. The Kier molecular flexibility index (Phi) is 10.1. The van der Waals surface area contributed by atoms with Crippen LogP contribution in [-0.2, 0) is 19.1 Å². The number of hydrogen-bond acceptors (Lipinski definition) is 6. The van der Waals surface area contributed by atoms with Crippen LogP contribution in [-0.4, -0.2) is 38.4 Å². The molecule has 6 heteroatoms. The number of carbonyl (C=O) groups excluding carboxylic acids is 2. The average Bonchev–Trinajstić information content (AvgIpc) is 3.08. The number of carbonyl (C=O) groups is 2. The molecule has 6 nitrogen and oxygen atoms in total. The van der Waals surface area contributed by atoms with Crippen molar-refractivity contribution in [3.8, 4) is 44.9 Å². The Morgan fingerprint density at radius 3 is 1.62 bits per heavy atom. The molecular formula is C39H34O6. The van der Waals surface area contributed by atoms with Gasteiger partial charge in [-0.1, -0.05) is 79.9 Å². The van der Waals surface area contributed by atoms with Gasteiger partial charge in [0.15, 0.2) is 0 Å². The van der Waals surface area contributed by atoms with Gasteiger partial charge in [0, 0.05) is 12.2 Å². The smallest absolute Gasteiger partial charge is 0.330 e. The van der Waals surface area contributed by atoms with E-state index in [1.165, 1.54) is 0 Å². The van der Waals surface area contributed by atoms with Crippen LogP contribution in [0.1, 0.15) is 5.56 Å². The average molecular weight is 599 g/mol. The Balaban J connectivity index is 1.46. The van der Waals surface area contributed by atoms with E-state index in [-0.39, 0.29) is 26.4 Å². The summed E-state index contributed by atoms with van der Waals surface area (Å²) < 4.78 is 21.5. The molecule has 5 aromatic carbocycles. The fourth-order valence-corrected chi connectivity index (χ4v) is 5.15. The molecule has 0 spiro atoms. The van der Waals surface area contributed by atoms with Gasteiger partial charge in [-0.05, 0) is 93.0 Å². The molecule has 0 fully saturated rings. The number of esters is 2. The number of ether oxygens (including phenoxy) is 4. The monoisotopic (exact) mass is 598 g/mol. The van der Waals surface area contributed by atoms with Crippen LogP contribution in [0.2, 0.25) is 0 Å². The Morgan fingerprint density at radius 2 is 1.09 bits per heavy atom. The summed E-state index contributed by atoms with van der Waals surface area (Å²) >= 11 is 0. The van der Waals surface area contributed by atoms with E-state index < -0.39 is 11.9 Å². The summed E-state index contributed by atoms with van der Waals surface area (Å²) in [6, 6.07) is 35.1. The Bertz CT molecular complexity index is 1820. The van der Waals surface area contributed by atoms with Crippen molar-refractivity contribution in [1.82, 2.24) is 0 Å². The Morgan fingerprint density at radius 1 is 0.578 bits per heavy atom. The van der Waals surface area contributed by atoms with E-state index in [0.717, 1.165) is 61.9 Å². The lowest BCUT2D eigenvalue weighted by Crippen LogP contribution is -2.10.